The standard InChI is InChI=1S/C10H18N2O/c1-5-12-7-6-10(13)11(4)8(2)9(12)3/h5-7H2,1-4H3. The molecule has 1 amide bonds. The summed E-state index contributed by atoms with van der Waals surface area (Å²) in [6.07, 6.45) is 0.624. The summed E-state index contributed by atoms with van der Waals surface area (Å²) < 4.78 is 0. The number of carbonyl (C=O) groups is 1. The van der Waals surface area contributed by atoms with Crippen molar-refractivity contribution in [3.63, 3.8) is 0 Å². The van der Waals surface area contributed by atoms with Crippen molar-refractivity contribution >= 4 is 5.91 Å². The van der Waals surface area contributed by atoms with Crippen LogP contribution in [0.4, 0.5) is 0 Å². The van der Waals surface area contributed by atoms with Crippen molar-refractivity contribution in [2.24, 2.45) is 0 Å². The van der Waals surface area contributed by atoms with Crippen molar-refractivity contribution in [3.8, 4) is 0 Å². The van der Waals surface area contributed by atoms with Gasteiger partial charge in [-0.2, -0.15) is 0 Å². The molecule has 3 heteroatoms. The Bertz CT molecular complexity index is 245. The minimum Gasteiger partial charge on any atom is -0.373 e. The zero-order valence-corrected chi connectivity index (χ0v) is 8.92. The Balaban J connectivity index is 2.95. The van der Waals surface area contributed by atoms with Crippen molar-refractivity contribution in [1.29, 1.82) is 0 Å². The molecule has 0 fully saturated rings. The fraction of sp³-hybridized carbons (Fsp3) is 0.700. The lowest BCUT2D eigenvalue weighted by Gasteiger charge is -2.23. The van der Waals surface area contributed by atoms with Gasteiger partial charge in [-0.3, -0.25) is 4.79 Å². The van der Waals surface area contributed by atoms with E-state index in [1.807, 2.05) is 14.0 Å². The third-order valence-corrected chi connectivity index (χ3v) is 2.85. The third-order valence-electron chi connectivity index (χ3n) is 2.85. The van der Waals surface area contributed by atoms with E-state index in [0.717, 1.165) is 18.8 Å². The Morgan fingerprint density at radius 1 is 1.31 bits per heavy atom. The van der Waals surface area contributed by atoms with Gasteiger partial charge in [-0.05, 0) is 20.8 Å². The van der Waals surface area contributed by atoms with Crippen LogP contribution in [0, 0.1) is 0 Å². The molecule has 3 nitrogen and oxygen atoms in total. The average Bonchev–Trinajstić information content (AvgIpc) is 2.22. The topological polar surface area (TPSA) is 23.6 Å². The fourth-order valence-corrected chi connectivity index (χ4v) is 1.62. The van der Waals surface area contributed by atoms with Crippen LogP contribution in [-0.2, 0) is 4.79 Å². The maximum absolute atomic E-state index is 11.5. The maximum atomic E-state index is 11.5. The quantitative estimate of drug-likeness (QED) is 0.612. The molecule has 13 heavy (non-hydrogen) atoms. The van der Waals surface area contributed by atoms with Crippen LogP contribution in [0.5, 0.6) is 0 Å². The van der Waals surface area contributed by atoms with Crippen LogP contribution in [0.2, 0.25) is 0 Å². The molecule has 0 radical (unpaired) electrons. The summed E-state index contributed by atoms with van der Waals surface area (Å²) in [5.74, 6) is 0.216. The Labute approximate surface area is 80.0 Å². The predicted molar refractivity (Wildman–Crippen MR) is 53.0 cm³/mol. The van der Waals surface area contributed by atoms with Gasteiger partial charge in [0, 0.05) is 38.0 Å². The molecule has 1 heterocycles. The highest BCUT2D eigenvalue weighted by atomic mass is 16.2. The molecule has 0 bridgehead atoms. The maximum Gasteiger partial charge on any atom is 0.228 e. The molecule has 0 saturated heterocycles. The van der Waals surface area contributed by atoms with Gasteiger partial charge in [0.05, 0.1) is 0 Å². The zero-order valence-electron chi connectivity index (χ0n) is 8.92. The van der Waals surface area contributed by atoms with E-state index < -0.39 is 0 Å². The molecule has 0 unspecified atom stereocenters. The molecule has 1 rings (SSSR count). The second-order valence-corrected chi connectivity index (χ2v) is 3.45. The van der Waals surface area contributed by atoms with E-state index in [1.165, 1.54) is 5.70 Å². The number of carbonyl (C=O) groups excluding carboxylic acids is 1. The zero-order chi connectivity index (χ0) is 10.0. The summed E-state index contributed by atoms with van der Waals surface area (Å²) in [6, 6.07) is 0. The first-order chi connectivity index (χ1) is 6.07. The molecule has 0 aromatic rings. The van der Waals surface area contributed by atoms with E-state index >= 15 is 0 Å². The van der Waals surface area contributed by atoms with E-state index in [4.69, 9.17) is 0 Å². The van der Waals surface area contributed by atoms with Gasteiger partial charge in [0.15, 0.2) is 0 Å². The van der Waals surface area contributed by atoms with Crippen molar-refractivity contribution in [3.05, 3.63) is 11.4 Å². The third kappa shape index (κ3) is 1.85. The average molecular weight is 182 g/mol. The van der Waals surface area contributed by atoms with Gasteiger partial charge in [-0.15, -0.1) is 0 Å². The Morgan fingerprint density at radius 3 is 2.46 bits per heavy atom. The number of amides is 1. The molecule has 0 aromatic carbocycles. The van der Waals surface area contributed by atoms with Crippen molar-refractivity contribution in [2.75, 3.05) is 20.1 Å². The molecule has 74 valence electrons. The first-order valence-corrected chi connectivity index (χ1v) is 4.77. The number of hydrogen-bond donors (Lipinski definition) is 0. The minimum absolute atomic E-state index is 0.216. The van der Waals surface area contributed by atoms with E-state index in [9.17, 15) is 4.79 Å². The normalized spacial score (nSPS) is 19.5. The Hall–Kier alpha value is -0.990. The van der Waals surface area contributed by atoms with Gasteiger partial charge < -0.3 is 9.80 Å². The first-order valence-electron chi connectivity index (χ1n) is 4.77. The first kappa shape index (κ1) is 10.1. The number of allylic oxidation sites excluding steroid dienone is 2. The fourth-order valence-electron chi connectivity index (χ4n) is 1.62. The van der Waals surface area contributed by atoms with Gasteiger partial charge in [0.25, 0.3) is 0 Å². The highest BCUT2D eigenvalue weighted by Gasteiger charge is 2.19. The van der Waals surface area contributed by atoms with Gasteiger partial charge in [-0.1, -0.05) is 0 Å². The summed E-state index contributed by atoms with van der Waals surface area (Å²) in [6.45, 7) is 8.02. The number of rotatable bonds is 1. The lowest BCUT2D eigenvalue weighted by molar-refractivity contribution is -0.127. The van der Waals surface area contributed by atoms with Crippen LogP contribution in [0.25, 0.3) is 0 Å². The molecule has 0 saturated carbocycles. The highest BCUT2D eigenvalue weighted by Crippen LogP contribution is 2.17. The second-order valence-electron chi connectivity index (χ2n) is 3.45. The molecule has 1 aliphatic rings. The molecule has 0 aromatic heterocycles. The largest absolute Gasteiger partial charge is 0.373 e. The van der Waals surface area contributed by atoms with E-state index in [0.29, 0.717) is 6.42 Å². The Morgan fingerprint density at radius 2 is 1.92 bits per heavy atom. The summed E-state index contributed by atoms with van der Waals surface area (Å²) in [7, 11) is 1.85. The van der Waals surface area contributed by atoms with Crippen LogP contribution in [0.3, 0.4) is 0 Å². The summed E-state index contributed by atoms with van der Waals surface area (Å²) >= 11 is 0. The van der Waals surface area contributed by atoms with E-state index in [2.05, 4.69) is 18.7 Å². The lowest BCUT2D eigenvalue weighted by atomic mass is 10.3. The van der Waals surface area contributed by atoms with Gasteiger partial charge in [0.2, 0.25) is 5.91 Å². The molecular formula is C10H18N2O. The van der Waals surface area contributed by atoms with Crippen molar-refractivity contribution in [1.82, 2.24) is 9.80 Å². The Kier molecular flexibility index (Phi) is 2.96. The SMILES string of the molecule is CCN1CCC(=O)N(C)C(C)=C1C. The monoisotopic (exact) mass is 182 g/mol. The summed E-state index contributed by atoms with van der Waals surface area (Å²) in [4.78, 5) is 15.5. The number of hydrogen-bond acceptors (Lipinski definition) is 2. The van der Waals surface area contributed by atoms with Gasteiger partial charge in [0.1, 0.15) is 0 Å². The molecule has 0 aliphatic carbocycles. The van der Waals surface area contributed by atoms with Crippen LogP contribution in [-0.4, -0.2) is 35.8 Å². The minimum atomic E-state index is 0.216. The molecule has 0 atom stereocenters. The summed E-state index contributed by atoms with van der Waals surface area (Å²) in [5, 5.41) is 0. The van der Waals surface area contributed by atoms with Crippen molar-refractivity contribution in [2.45, 2.75) is 27.2 Å². The number of nitrogens with zero attached hydrogens (tertiary/aromatic N) is 2. The molecule has 1 aliphatic heterocycles. The molecule has 0 spiro atoms. The van der Waals surface area contributed by atoms with Crippen LogP contribution >= 0.6 is 0 Å². The van der Waals surface area contributed by atoms with E-state index in [1.54, 1.807) is 4.90 Å². The smallest absolute Gasteiger partial charge is 0.228 e. The lowest BCUT2D eigenvalue weighted by Crippen LogP contribution is -2.24. The van der Waals surface area contributed by atoms with Crippen LogP contribution < -0.4 is 0 Å². The van der Waals surface area contributed by atoms with E-state index in [-0.39, 0.29) is 5.91 Å². The van der Waals surface area contributed by atoms with Gasteiger partial charge >= 0.3 is 0 Å². The molecule has 0 N–H and O–H groups in total. The predicted octanol–water partition coefficient (Wildman–Crippen LogP) is 1.42. The molecular weight excluding hydrogens is 164 g/mol. The second kappa shape index (κ2) is 3.81. The van der Waals surface area contributed by atoms with Crippen LogP contribution in [0.1, 0.15) is 27.2 Å². The highest BCUT2D eigenvalue weighted by molar-refractivity contribution is 5.78. The van der Waals surface area contributed by atoms with Gasteiger partial charge in [-0.25, -0.2) is 0 Å². The van der Waals surface area contributed by atoms with Crippen LogP contribution in [0.15, 0.2) is 11.4 Å². The summed E-state index contributed by atoms with van der Waals surface area (Å²) in [5.41, 5.74) is 2.29. The van der Waals surface area contributed by atoms with Crippen molar-refractivity contribution < 1.29 is 4.79 Å².